The average Bonchev–Trinajstić information content (AvgIpc) is 2.68. The molecule has 15 heavy (non-hydrogen) atoms. The minimum absolute atomic E-state index is 0.601. The van der Waals surface area contributed by atoms with E-state index >= 15 is 0 Å². The molecule has 78 valence electrons. The third-order valence-electron chi connectivity index (χ3n) is 1.95. The predicted octanol–water partition coefficient (Wildman–Crippen LogP) is 0.775. The van der Waals surface area contributed by atoms with Crippen molar-refractivity contribution in [2.75, 3.05) is 7.05 Å². The number of nitrogens with one attached hydrogen (secondary N) is 1. The highest BCUT2D eigenvalue weighted by atomic mass is 16.5. The van der Waals surface area contributed by atoms with Gasteiger partial charge in [0.25, 0.3) is 0 Å². The molecule has 0 saturated carbocycles. The van der Waals surface area contributed by atoms with Gasteiger partial charge in [0.2, 0.25) is 5.89 Å². The molecule has 0 unspecified atom stereocenters. The van der Waals surface area contributed by atoms with Crippen LogP contribution in [0, 0.1) is 0 Å². The fraction of sp³-hybridized carbons (Fsp3) is 0.300. The zero-order valence-electron chi connectivity index (χ0n) is 8.47. The summed E-state index contributed by atoms with van der Waals surface area (Å²) in [4.78, 5) is 8.18. The zero-order valence-corrected chi connectivity index (χ0v) is 8.47. The Labute approximate surface area is 87.5 Å². The number of hydrogen-bond donors (Lipinski definition) is 1. The maximum absolute atomic E-state index is 5.04. The summed E-state index contributed by atoms with van der Waals surface area (Å²) in [6.07, 6.45) is 4.18. The van der Waals surface area contributed by atoms with Crippen LogP contribution in [0.4, 0.5) is 0 Å². The Morgan fingerprint density at radius 2 is 2.13 bits per heavy atom. The molecule has 0 aliphatic carbocycles. The summed E-state index contributed by atoms with van der Waals surface area (Å²) in [7, 11) is 1.84. The molecule has 0 aliphatic heterocycles. The SMILES string of the molecule is CNCc1nc(Cc2ccncc2)no1. The van der Waals surface area contributed by atoms with E-state index in [1.807, 2.05) is 19.2 Å². The second-order valence-electron chi connectivity index (χ2n) is 3.17. The molecule has 0 fully saturated rings. The van der Waals surface area contributed by atoms with Crippen molar-refractivity contribution in [2.45, 2.75) is 13.0 Å². The summed E-state index contributed by atoms with van der Waals surface area (Å²) in [5.41, 5.74) is 1.13. The molecule has 1 N–H and O–H groups in total. The molecule has 0 spiro atoms. The monoisotopic (exact) mass is 204 g/mol. The van der Waals surface area contributed by atoms with E-state index in [1.165, 1.54) is 0 Å². The number of aromatic nitrogens is 3. The molecule has 0 bridgehead atoms. The van der Waals surface area contributed by atoms with E-state index < -0.39 is 0 Å². The van der Waals surface area contributed by atoms with Crippen LogP contribution >= 0.6 is 0 Å². The van der Waals surface area contributed by atoms with Crippen LogP contribution in [-0.4, -0.2) is 22.2 Å². The van der Waals surface area contributed by atoms with Crippen LogP contribution in [0.15, 0.2) is 29.0 Å². The molecular formula is C10H12N4O. The van der Waals surface area contributed by atoms with E-state index in [2.05, 4.69) is 20.4 Å². The van der Waals surface area contributed by atoms with Gasteiger partial charge in [-0.2, -0.15) is 4.98 Å². The molecule has 2 aromatic heterocycles. The molecule has 5 nitrogen and oxygen atoms in total. The number of hydrogen-bond acceptors (Lipinski definition) is 5. The average molecular weight is 204 g/mol. The number of pyridine rings is 1. The maximum Gasteiger partial charge on any atom is 0.240 e. The summed E-state index contributed by atoms with van der Waals surface area (Å²) in [6.45, 7) is 0.601. The lowest BCUT2D eigenvalue weighted by Crippen LogP contribution is -2.05. The molecule has 0 saturated heterocycles. The summed E-state index contributed by atoms with van der Waals surface area (Å²) >= 11 is 0. The van der Waals surface area contributed by atoms with Crippen LogP contribution in [0.5, 0.6) is 0 Å². The van der Waals surface area contributed by atoms with Crippen molar-refractivity contribution in [1.29, 1.82) is 0 Å². The second-order valence-corrected chi connectivity index (χ2v) is 3.17. The van der Waals surface area contributed by atoms with Crippen molar-refractivity contribution >= 4 is 0 Å². The van der Waals surface area contributed by atoms with Crippen molar-refractivity contribution in [3.05, 3.63) is 41.8 Å². The largest absolute Gasteiger partial charge is 0.338 e. The first-order valence-electron chi connectivity index (χ1n) is 4.73. The summed E-state index contributed by atoms with van der Waals surface area (Å²) in [5.74, 6) is 1.31. The smallest absolute Gasteiger partial charge is 0.240 e. The Morgan fingerprint density at radius 1 is 1.33 bits per heavy atom. The van der Waals surface area contributed by atoms with Gasteiger partial charge in [0.05, 0.1) is 6.54 Å². The van der Waals surface area contributed by atoms with Gasteiger partial charge in [0.1, 0.15) is 0 Å². The van der Waals surface area contributed by atoms with Crippen LogP contribution in [0.3, 0.4) is 0 Å². The van der Waals surface area contributed by atoms with E-state index in [0.29, 0.717) is 24.7 Å². The topological polar surface area (TPSA) is 63.8 Å². The molecule has 2 heterocycles. The molecular weight excluding hydrogens is 192 g/mol. The van der Waals surface area contributed by atoms with Crippen molar-refractivity contribution in [3.63, 3.8) is 0 Å². The van der Waals surface area contributed by atoms with Gasteiger partial charge in [-0.3, -0.25) is 4.98 Å². The molecule has 0 aliphatic rings. The second kappa shape index (κ2) is 4.65. The fourth-order valence-electron chi connectivity index (χ4n) is 1.27. The standard InChI is InChI=1S/C10H12N4O/c1-11-7-10-13-9(14-15-10)6-8-2-4-12-5-3-8/h2-5,11H,6-7H2,1H3. The van der Waals surface area contributed by atoms with E-state index in [4.69, 9.17) is 4.52 Å². The van der Waals surface area contributed by atoms with Crippen molar-refractivity contribution in [2.24, 2.45) is 0 Å². The van der Waals surface area contributed by atoms with Gasteiger partial charge in [-0.05, 0) is 24.7 Å². The van der Waals surface area contributed by atoms with E-state index in [1.54, 1.807) is 12.4 Å². The highest BCUT2D eigenvalue weighted by molar-refractivity contribution is 5.14. The van der Waals surface area contributed by atoms with Gasteiger partial charge in [0.15, 0.2) is 5.82 Å². The Balaban J connectivity index is 2.05. The fourth-order valence-corrected chi connectivity index (χ4v) is 1.27. The third kappa shape index (κ3) is 2.60. The Bertz CT molecular complexity index is 412. The van der Waals surface area contributed by atoms with Crippen molar-refractivity contribution in [1.82, 2.24) is 20.4 Å². The molecule has 0 aromatic carbocycles. The van der Waals surface area contributed by atoms with E-state index in [0.717, 1.165) is 5.56 Å². The Morgan fingerprint density at radius 3 is 2.87 bits per heavy atom. The minimum Gasteiger partial charge on any atom is -0.338 e. The zero-order chi connectivity index (χ0) is 10.5. The van der Waals surface area contributed by atoms with Crippen LogP contribution in [0.1, 0.15) is 17.3 Å². The molecule has 5 heteroatoms. The lowest BCUT2D eigenvalue weighted by molar-refractivity contribution is 0.367. The molecule has 0 atom stereocenters. The van der Waals surface area contributed by atoms with Crippen LogP contribution in [0.2, 0.25) is 0 Å². The highest BCUT2D eigenvalue weighted by Gasteiger charge is 2.05. The van der Waals surface area contributed by atoms with Crippen LogP contribution in [0.25, 0.3) is 0 Å². The lowest BCUT2D eigenvalue weighted by Gasteiger charge is -1.93. The Kier molecular flexibility index (Phi) is 3.04. The first kappa shape index (κ1) is 9.79. The van der Waals surface area contributed by atoms with Gasteiger partial charge in [-0.15, -0.1) is 0 Å². The van der Waals surface area contributed by atoms with Crippen LogP contribution in [-0.2, 0) is 13.0 Å². The van der Waals surface area contributed by atoms with Gasteiger partial charge >= 0.3 is 0 Å². The number of rotatable bonds is 4. The third-order valence-corrected chi connectivity index (χ3v) is 1.95. The molecule has 0 amide bonds. The summed E-state index contributed by atoms with van der Waals surface area (Å²) < 4.78 is 5.04. The van der Waals surface area contributed by atoms with Crippen molar-refractivity contribution in [3.8, 4) is 0 Å². The predicted molar refractivity (Wildman–Crippen MR) is 54.1 cm³/mol. The molecule has 0 radical (unpaired) electrons. The van der Waals surface area contributed by atoms with E-state index in [-0.39, 0.29) is 0 Å². The summed E-state index contributed by atoms with van der Waals surface area (Å²) in [5, 5.41) is 6.84. The van der Waals surface area contributed by atoms with Gasteiger partial charge in [0, 0.05) is 18.8 Å². The van der Waals surface area contributed by atoms with Gasteiger partial charge in [-0.25, -0.2) is 0 Å². The van der Waals surface area contributed by atoms with Crippen LogP contribution < -0.4 is 5.32 Å². The van der Waals surface area contributed by atoms with E-state index in [9.17, 15) is 0 Å². The maximum atomic E-state index is 5.04. The summed E-state index contributed by atoms with van der Waals surface area (Å²) in [6, 6.07) is 3.88. The van der Waals surface area contributed by atoms with Crippen molar-refractivity contribution < 1.29 is 4.52 Å². The normalized spacial score (nSPS) is 10.5. The number of nitrogens with zero attached hydrogens (tertiary/aromatic N) is 3. The first-order valence-corrected chi connectivity index (χ1v) is 4.73. The highest BCUT2D eigenvalue weighted by Crippen LogP contribution is 2.05. The quantitative estimate of drug-likeness (QED) is 0.797. The first-order chi connectivity index (χ1) is 7.38. The molecule has 2 aromatic rings. The van der Waals surface area contributed by atoms with Gasteiger partial charge in [-0.1, -0.05) is 5.16 Å². The lowest BCUT2D eigenvalue weighted by atomic mass is 10.2. The minimum atomic E-state index is 0.601. The Hall–Kier alpha value is -1.75. The van der Waals surface area contributed by atoms with Gasteiger partial charge < -0.3 is 9.84 Å². The molecule has 2 rings (SSSR count).